The summed E-state index contributed by atoms with van der Waals surface area (Å²) in [6, 6.07) is 10.8. The summed E-state index contributed by atoms with van der Waals surface area (Å²) in [6.07, 6.45) is 6.15. The number of nitrogens with two attached hydrogens (primary N) is 1. The summed E-state index contributed by atoms with van der Waals surface area (Å²) in [6.45, 7) is 2.21. The van der Waals surface area contributed by atoms with E-state index in [1.807, 2.05) is 18.2 Å². The molecule has 0 amide bonds. The first-order valence-corrected chi connectivity index (χ1v) is 8.09. The fraction of sp³-hybridized carbons (Fsp3) is 0.333. The number of likely N-dealkylation sites (tertiary alicyclic amines) is 1. The molecule has 5 heteroatoms. The van der Waals surface area contributed by atoms with E-state index in [1.165, 1.54) is 19.4 Å². The van der Waals surface area contributed by atoms with Gasteiger partial charge >= 0.3 is 0 Å². The van der Waals surface area contributed by atoms with Crippen LogP contribution in [0.1, 0.15) is 18.9 Å². The van der Waals surface area contributed by atoms with Crippen LogP contribution in [0.5, 0.6) is 0 Å². The molecule has 3 heterocycles. The lowest BCUT2D eigenvalue weighted by Crippen LogP contribution is -2.33. The van der Waals surface area contributed by atoms with Crippen LogP contribution in [0.2, 0.25) is 0 Å². The van der Waals surface area contributed by atoms with Gasteiger partial charge in [0.05, 0.1) is 5.39 Å². The van der Waals surface area contributed by atoms with E-state index in [1.54, 1.807) is 6.33 Å². The highest BCUT2D eigenvalue weighted by molar-refractivity contribution is 6.00. The van der Waals surface area contributed by atoms with E-state index in [4.69, 9.17) is 5.73 Å². The largest absolute Gasteiger partial charge is 0.383 e. The summed E-state index contributed by atoms with van der Waals surface area (Å²) in [4.78, 5) is 11.1. The van der Waals surface area contributed by atoms with Gasteiger partial charge in [0, 0.05) is 24.3 Å². The van der Waals surface area contributed by atoms with Crippen LogP contribution < -0.4 is 5.73 Å². The molecular weight excluding hydrogens is 286 g/mol. The highest BCUT2D eigenvalue weighted by atomic mass is 15.2. The molecule has 1 aliphatic rings. The number of aromatic nitrogens is 3. The summed E-state index contributed by atoms with van der Waals surface area (Å²) in [5, 5.41) is 0.965. The maximum Gasteiger partial charge on any atom is 0.146 e. The molecule has 1 aliphatic heterocycles. The minimum atomic E-state index is 0.433. The van der Waals surface area contributed by atoms with Gasteiger partial charge in [-0.05, 0) is 32.0 Å². The summed E-state index contributed by atoms with van der Waals surface area (Å²) < 4.78 is 2.30. The lowest BCUT2D eigenvalue weighted by Gasteiger charge is -2.30. The zero-order valence-electron chi connectivity index (χ0n) is 13.3. The Kier molecular flexibility index (Phi) is 3.50. The molecule has 1 fully saturated rings. The van der Waals surface area contributed by atoms with Gasteiger partial charge in [0.15, 0.2) is 0 Å². The highest BCUT2D eigenvalue weighted by Crippen LogP contribution is 2.35. The Morgan fingerprint density at radius 1 is 1.17 bits per heavy atom. The number of anilines is 1. The second kappa shape index (κ2) is 5.66. The van der Waals surface area contributed by atoms with Gasteiger partial charge in [0.25, 0.3) is 0 Å². The summed E-state index contributed by atoms with van der Waals surface area (Å²) >= 11 is 0. The first-order valence-electron chi connectivity index (χ1n) is 8.09. The number of rotatable bonds is 2. The highest BCUT2D eigenvalue weighted by Gasteiger charge is 2.23. The molecule has 1 saturated heterocycles. The van der Waals surface area contributed by atoms with Crippen LogP contribution in [0, 0.1) is 0 Å². The third-order valence-electron chi connectivity index (χ3n) is 4.72. The molecule has 1 atom stereocenters. The Bertz CT molecular complexity index is 824. The molecule has 2 N–H and O–H groups in total. The predicted octanol–water partition coefficient (Wildman–Crippen LogP) is 2.95. The zero-order valence-corrected chi connectivity index (χ0v) is 13.3. The monoisotopic (exact) mass is 307 g/mol. The van der Waals surface area contributed by atoms with E-state index in [2.05, 4.69) is 44.8 Å². The average Bonchev–Trinajstić information content (AvgIpc) is 2.97. The van der Waals surface area contributed by atoms with E-state index >= 15 is 0 Å². The quantitative estimate of drug-likeness (QED) is 0.791. The Labute approximate surface area is 135 Å². The van der Waals surface area contributed by atoms with Crippen molar-refractivity contribution in [2.45, 2.75) is 18.9 Å². The number of piperidine rings is 1. The average molecular weight is 307 g/mol. The van der Waals surface area contributed by atoms with E-state index in [-0.39, 0.29) is 0 Å². The first-order chi connectivity index (χ1) is 11.2. The molecule has 0 bridgehead atoms. The molecule has 2 aromatic heterocycles. The molecule has 1 unspecified atom stereocenters. The van der Waals surface area contributed by atoms with E-state index in [0.717, 1.165) is 28.7 Å². The summed E-state index contributed by atoms with van der Waals surface area (Å²) in [5.41, 5.74) is 9.40. The van der Waals surface area contributed by atoms with Gasteiger partial charge in [0.1, 0.15) is 17.8 Å². The third-order valence-corrected chi connectivity index (χ3v) is 4.72. The van der Waals surface area contributed by atoms with Crippen molar-refractivity contribution in [3.05, 3.63) is 42.9 Å². The minimum Gasteiger partial charge on any atom is -0.383 e. The van der Waals surface area contributed by atoms with Gasteiger partial charge in [-0.2, -0.15) is 0 Å². The van der Waals surface area contributed by atoms with Gasteiger partial charge in [-0.3, -0.25) is 0 Å². The molecule has 3 aromatic rings. The number of nitrogen functional groups attached to an aromatic ring is 1. The standard InChI is InChI=1S/C18H21N5/c1-22-9-5-8-14(10-22)23-11-15(13-6-3-2-4-7-13)16-17(19)20-12-21-18(16)23/h2-4,6-7,11-12,14H,5,8-10H2,1H3,(H2,19,20,21). The van der Waals surface area contributed by atoms with Crippen molar-refractivity contribution in [3.63, 3.8) is 0 Å². The van der Waals surface area contributed by atoms with Crippen LogP contribution in [-0.2, 0) is 0 Å². The molecule has 23 heavy (non-hydrogen) atoms. The maximum absolute atomic E-state index is 6.19. The van der Waals surface area contributed by atoms with Crippen molar-refractivity contribution < 1.29 is 0 Å². The van der Waals surface area contributed by atoms with E-state index < -0.39 is 0 Å². The van der Waals surface area contributed by atoms with Crippen molar-refractivity contribution in [1.29, 1.82) is 0 Å². The fourth-order valence-electron chi connectivity index (χ4n) is 3.59. The summed E-state index contributed by atoms with van der Waals surface area (Å²) in [5.74, 6) is 0.553. The predicted molar refractivity (Wildman–Crippen MR) is 93.1 cm³/mol. The Morgan fingerprint density at radius 2 is 2.00 bits per heavy atom. The van der Waals surface area contributed by atoms with Crippen molar-refractivity contribution in [1.82, 2.24) is 19.4 Å². The number of hydrogen-bond acceptors (Lipinski definition) is 4. The van der Waals surface area contributed by atoms with Crippen LogP contribution in [0.3, 0.4) is 0 Å². The molecule has 4 rings (SSSR count). The maximum atomic E-state index is 6.19. The fourth-order valence-corrected chi connectivity index (χ4v) is 3.59. The normalized spacial score (nSPS) is 19.3. The van der Waals surface area contributed by atoms with Crippen molar-refractivity contribution in [2.24, 2.45) is 0 Å². The van der Waals surface area contributed by atoms with Crippen LogP contribution >= 0.6 is 0 Å². The minimum absolute atomic E-state index is 0.433. The zero-order chi connectivity index (χ0) is 15.8. The number of benzene rings is 1. The Balaban J connectivity index is 1.91. The van der Waals surface area contributed by atoms with Crippen molar-refractivity contribution in [2.75, 3.05) is 25.9 Å². The van der Waals surface area contributed by atoms with Crippen molar-refractivity contribution >= 4 is 16.9 Å². The van der Waals surface area contributed by atoms with Gasteiger partial charge in [-0.15, -0.1) is 0 Å². The molecular formula is C18H21N5. The van der Waals surface area contributed by atoms with Gasteiger partial charge < -0.3 is 15.2 Å². The smallest absolute Gasteiger partial charge is 0.146 e. The topological polar surface area (TPSA) is 60.0 Å². The van der Waals surface area contributed by atoms with Crippen LogP contribution in [0.25, 0.3) is 22.2 Å². The molecule has 118 valence electrons. The van der Waals surface area contributed by atoms with Crippen LogP contribution in [0.15, 0.2) is 42.9 Å². The number of likely N-dealkylation sites (N-methyl/N-ethyl adjacent to an activating group) is 1. The first kappa shape index (κ1) is 14.2. The number of nitrogens with zero attached hydrogens (tertiary/aromatic N) is 4. The van der Waals surface area contributed by atoms with Gasteiger partial charge in [0.2, 0.25) is 0 Å². The SMILES string of the molecule is CN1CCCC(n2cc(-c3ccccc3)c3c(N)ncnc32)C1. The molecule has 1 aromatic carbocycles. The lowest BCUT2D eigenvalue weighted by molar-refractivity contribution is 0.215. The van der Waals surface area contributed by atoms with Crippen molar-refractivity contribution in [3.8, 4) is 11.1 Å². The van der Waals surface area contributed by atoms with Gasteiger partial charge in [-0.1, -0.05) is 30.3 Å². The van der Waals surface area contributed by atoms with E-state index in [9.17, 15) is 0 Å². The second-order valence-corrected chi connectivity index (χ2v) is 6.33. The van der Waals surface area contributed by atoms with Gasteiger partial charge in [-0.25, -0.2) is 9.97 Å². The molecule has 0 spiro atoms. The summed E-state index contributed by atoms with van der Waals surface area (Å²) in [7, 11) is 2.18. The molecule has 0 radical (unpaired) electrons. The lowest BCUT2D eigenvalue weighted by atomic mass is 10.1. The van der Waals surface area contributed by atoms with Crippen LogP contribution in [-0.4, -0.2) is 39.6 Å². The molecule has 0 aliphatic carbocycles. The number of hydrogen-bond donors (Lipinski definition) is 1. The molecule has 0 saturated carbocycles. The Morgan fingerprint density at radius 3 is 2.78 bits per heavy atom. The Hall–Kier alpha value is -2.40. The van der Waals surface area contributed by atoms with E-state index in [0.29, 0.717) is 11.9 Å². The second-order valence-electron chi connectivity index (χ2n) is 6.33. The number of fused-ring (bicyclic) bond motifs is 1. The molecule has 5 nitrogen and oxygen atoms in total. The van der Waals surface area contributed by atoms with Crippen LogP contribution in [0.4, 0.5) is 5.82 Å². The third kappa shape index (κ3) is 2.47.